The molecule has 0 bridgehead atoms. The fourth-order valence-electron chi connectivity index (χ4n) is 1.32. The van der Waals surface area contributed by atoms with E-state index in [0.717, 1.165) is 0 Å². The van der Waals surface area contributed by atoms with E-state index in [4.69, 9.17) is 5.73 Å². The molecule has 1 aromatic heterocycles. The Labute approximate surface area is 94.9 Å². The normalized spacial score (nSPS) is 12.5. The van der Waals surface area contributed by atoms with E-state index in [9.17, 15) is 4.79 Å². The summed E-state index contributed by atoms with van der Waals surface area (Å²) < 4.78 is 0. The average Bonchev–Trinajstić information content (AvgIpc) is 2.62. The fourth-order valence-corrected chi connectivity index (χ4v) is 2.28. The van der Waals surface area contributed by atoms with Gasteiger partial charge in [0.1, 0.15) is 0 Å². The number of thiophene rings is 1. The minimum Gasteiger partial charge on any atom is -0.339 e. The number of hydrogen-bond donors (Lipinski definition) is 1. The minimum absolute atomic E-state index is 0.0188. The summed E-state index contributed by atoms with van der Waals surface area (Å²) in [6.07, 6.45) is 0.687. The molecule has 15 heavy (non-hydrogen) atoms. The Morgan fingerprint density at radius 3 is 2.80 bits per heavy atom. The van der Waals surface area contributed by atoms with Crippen LogP contribution in [0.2, 0.25) is 0 Å². The van der Waals surface area contributed by atoms with E-state index in [2.05, 4.69) is 13.0 Å². The van der Waals surface area contributed by atoms with Crippen molar-refractivity contribution in [3.05, 3.63) is 21.9 Å². The van der Waals surface area contributed by atoms with Gasteiger partial charge in [-0.05, 0) is 30.4 Å². The van der Waals surface area contributed by atoms with Crippen LogP contribution < -0.4 is 5.73 Å². The van der Waals surface area contributed by atoms with E-state index in [1.54, 1.807) is 23.3 Å². The van der Waals surface area contributed by atoms with Gasteiger partial charge in [-0.1, -0.05) is 6.92 Å². The Balaban J connectivity index is 2.60. The highest BCUT2D eigenvalue weighted by Crippen LogP contribution is 2.17. The Bertz CT molecular complexity index is 335. The molecule has 0 fully saturated rings. The van der Waals surface area contributed by atoms with E-state index < -0.39 is 0 Å². The smallest absolute Gasteiger partial charge is 0.239 e. The van der Waals surface area contributed by atoms with Crippen molar-refractivity contribution >= 4 is 17.2 Å². The zero-order chi connectivity index (χ0) is 11.4. The summed E-state index contributed by atoms with van der Waals surface area (Å²) in [7, 11) is 1.80. The van der Waals surface area contributed by atoms with E-state index in [0.29, 0.717) is 13.0 Å². The third kappa shape index (κ3) is 3.04. The number of hydrogen-bond acceptors (Lipinski definition) is 3. The lowest BCUT2D eigenvalue weighted by Gasteiger charge is -2.20. The first-order valence-corrected chi connectivity index (χ1v) is 5.97. The van der Waals surface area contributed by atoms with E-state index >= 15 is 0 Å². The lowest BCUT2D eigenvalue weighted by molar-refractivity contribution is -0.131. The molecule has 0 aliphatic heterocycles. The first-order chi connectivity index (χ1) is 7.06. The fraction of sp³-hybridized carbons (Fsp3) is 0.545. The summed E-state index contributed by atoms with van der Waals surface area (Å²) in [5.74, 6) is 0.0188. The van der Waals surface area contributed by atoms with Gasteiger partial charge >= 0.3 is 0 Å². The van der Waals surface area contributed by atoms with Crippen molar-refractivity contribution in [2.75, 3.05) is 7.05 Å². The van der Waals surface area contributed by atoms with Crippen LogP contribution in [0.5, 0.6) is 0 Å². The van der Waals surface area contributed by atoms with Crippen LogP contribution in [0, 0.1) is 6.92 Å². The third-order valence-electron chi connectivity index (χ3n) is 2.48. The molecule has 0 aliphatic rings. The van der Waals surface area contributed by atoms with Crippen LogP contribution in [0.4, 0.5) is 0 Å². The van der Waals surface area contributed by atoms with Crippen molar-refractivity contribution in [2.45, 2.75) is 32.9 Å². The van der Waals surface area contributed by atoms with Crippen LogP contribution in [-0.2, 0) is 11.3 Å². The standard InChI is InChI=1S/C11H18N2OS/c1-4-9(12)11(14)13(3)7-10-8(2)5-6-15-10/h5-6,9H,4,7,12H2,1-3H3. The zero-order valence-electron chi connectivity index (χ0n) is 9.49. The first kappa shape index (κ1) is 12.2. The second-order valence-corrected chi connectivity index (χ2v) is 4.74. The van der Waals surface area contributed by atoms with Gasteiger partial charge in [0, 0.05) is 11.9 Å². The number of carbonyl (C=O) groups is 1. The number of carbonyl (C=O) groups excluding carboxylic acids is 1. The van der Waals surface area contributed by atoms with Gasteiger partial charge in [-0.3, -0.25) is 4.79 Å². The monoisotopic (exact) mass is 226 g/mol. The number of aryl methyl sites for hydroxylation is 1. The van der Waals surface area contributed by atoms with Crippen molar-refractivity contribution in [1.29, 1.82) is 0 Å². The van der Waals surface area contributed by atoms with Gasteiger partial charge in [0.25, 0.3) is 0 Å². The topological polar surface area (TPSA) is 46.3 Å². The Morgan fingerprint density at radius 1 is 1.67 bits per heavy atom. The van der Waals surface area contributed by atoms with Crippen LogP contribution in [-0.4, -0.2) is 23.9 Å². The molecular weight excluding hydrogens is 208 g/mol. The minimum atomic E-state index is -0.365. The maximum absolute atomic E-state index is 11.7. The SMILES string of the molecule is CCC(N)C(=O)N(C)Cc1sccc1C. The van der Waals surface area contributed by atoms with Gasteiger partial charge in [-0.15, -0.1) is 11.3 Å². The van der Waals surface area contributed by atoms with Crippen molar-refractivity contribution in [3.8, 4) is 0 Å². The van der Waals surface area contributed by atoms with Crippen LogP contribution in [0.15, 0.2) is 11.4 Å². The molecule has 0 saturated heterocycles. The molecule has 1 aromatic rings. The highest BCUT2D eigenvalue weighted by atomic mass is 32.1. The summed E-state index contributed by atoms with van der Waals surface area (Å²) in [6.45, 7) is 4.65. The van der Waals surface area contributed by atoms with E-state index in [-0.39, 0.29) is 11.9 Å². The second kappa shape index (κ2) is 5.28. The van der Waals surface area contributed by atoms with Crippen molar-refractivity contribution in [1.82, 2.24) is 4.90 Å². The predicted molar refractivity (Wildman–Crippen MR) is 63.8 cm³/mol. The number of likely N-dealkylation sites (N-methyl/N-ethyl adjacent to an activating group) is 1. The second-order valence-electron chi connectivity index (χ2n) is 3.74. The summed E-state index contributed by atoms with van der Waals surface area (Å²) in [5, 5.41) is 2.04. The molecule has 0 aromatic carbocycles. The van der Waals surface area contributed by atoms with Crippen LogP contribution in [0.1, 0.15) is 23.8 Å². The number of amides is 1. The summed E-state index contributed by atoms with van der Waals surface area (Å²) in [4.78, 5) is 14.6. The molecule has 0 spiro atoms. The number of rotatable bonds is 4. The van der Waals surface area contributed by atoms with Gasteiger partial charge in [-0.2, -0.15) is 0 Å². The lowest BCUT2D eigenvalue weighted by Crippen LogP contribution is -2.40. The summed E-state index contributed by atoms with van der Waals surface area (Å²) in [5.41, 5.74) is 6.94. The molecule has 0 aliphatic carbocycles. The Kier molecular flexibility index (Phi) is 4.29. The highest BCUT2D eigenvalue weighted by molar-refractivity contribution is 7.10. The van der Waals surface area contributed by atoms with E-state index in [1.165, 1.54) is 10.4 Å². The van der Waals surface area contributed by atoms with Crippen molar-refractivity contribution < 1.29 is 4.79 Å². The predicted octanol–water partition coefficient (Wildman–Crippen LogP) is 1.75. The van der Waals surface area contributed by atoms with Gasteiger partial charge in [-0.25, -0.2) is 0 Å². The first-order valence-electron chi connectivity index (χ1n) is 5.09. The molecule has 2 N–H and O–H groups in total. The molecule has 1 amide bonds. The number of nitrogens with two attached hydrogens (primary N) is 1. The number of nitrogens with zero attached hydrogens (tertiary/aromatic N) is 1. The molecule has 0 radical (unpaired) electrons. The molecule has 3 nitrogen and oxygen atoms in total. The maximum atomic E-state index is 11.7. The zero-order valence-corrected chi connectivity index (χ0v) is 10.3. The maximum Gasteiger partial charge on any atom is 0.239 e. The molecule has 0 saturated carbocycles. The largest absolute Gasteiger partial charge is 0.339 e. The van der Waals surface area contributed by atoms with Crippen molar-refractivity contribution in [3.63, 3.8) is 0 Å². The van der Waals surface area contributed by atoms with Gasteiger partial charge in [0.15, 0.2) is 0 Å². The van der Waals surface area contributed by atoms with Crippen molar-refractivity contribution in [2.24, 2.45) is 5.73 Å². The van der Waals surface area contributed by atoms with Gasteiger partial charge in [0.05, 0.1) is 12.6 Å². The third-order valence-corrected chi connectivity index (χ3v) is 3.49. The molecule has 84 valence electrons. The molecular formula is C11H18N2OS. The van der Waals surface area contributed by atoms with Crippen LogP contribution in [0.3, 0.4) is 0 Å². The molecule has 4 heteroatoms. The summed E-state index contributed by atoms with van der Waals surface area (Å²) >= 11 is 1.68. The van der Waals surface area contributed by atoms with Gasteiger partial charge < -0.3 is 10.6 Å². The van der Waals surface area contributed by atoms with Crippen LogP contribution >= 0.6 is 11.3 Å². The average molecular weight is 226 g/mol. The Hall–Kier alpha value is -0.870. The van der Waals surface area contributed by atoms with Crippen LogP contribution in [0.25, 0.3) is 0 Å². The highest BCUT2D eigenvalue weighted by Gasteiger charge is 2.16. The van der Waals surface area contributed by atoms with E-state index in [1.807, 2.05) is 12.3 Å². The lowest BCUT2D eigenvalue weighted by atomic mass is 10.2. The molecule has 1 unspecified atom stereocenters. The Morgan fingerprint density at radius 2 is 2.33 bits per heavy atom. The molecule has 1 heterocycles. The molecule has 1 rings (SSSR count). The quantitative estimate of drug-likeness (QED) is 0.850. The summed E-state index contributed by atoms with van der Waals surface area (Å²) in [6, 6.07) is 1.70. The molecule has 1 atom stereocenters. The van der Waals surface area contributed by atoms with Gasteiger partial charge in [0.2, 0.25) is 5.91 Å².